The van der Waals surface area contributed by atoms with E-state index in [9.17, 15) is 9.18 Å². The molecule has 36 heavy (non-hydrogen) atoms. The van der Waals surface area contributed by atoms with Crippen LogP contribution in [0.2, 0.25) is 0 Å². The summed E-state index contributed by atoms with van der Waals surface area (Å²) in [5.41, 5.74) is 1.77. The second-order valence-electron chi connectivity index (χ2n) is 10.8. The van der Waals surface area contributed by atoms with Gasteiger partial charge in [-0.15, -0.1) is 0 Å². The first-order valence-corrected chi connectivity index (χ1v) is 13.3. The van der Waals surface area contributed by atoms with Crippen molar-refractivity contribution in [1.29, 1.82) is 0 Å². The van der Waals surface area contributed by atoms with Crippen molar-refractivity contribution in [3.05, 3.63) is 45.8 Å². The number of imidazole rings is 1. The van der Waals surface area contributed by atoms with Crippen LogP contribution in [0.25, 0.3) is 11.2 Å². The minimum Gasteiger partial charge on any atom is -0.365 e. The Bertz CT molecular complexity index is 1410. The van der Waals surface area contributed by atoms with Crippen LogP contribution >= 0.6 is 22.6 Å². The molecule has 1 saturated heterocycles. The summed E-state index contributed by atoms with van der Waals surface area (Å²) < 4.78 is 29.0. The van der Waals surface area contributed by atoms with Crippen LogP contribution in [0.4, 0.5) is 10.2 Å². The first-order valence-electron chi connectivity index (χ1n) is 12.2. The molecule has 0 radical (unpaired) electrons. The molecule has 1 aliphatic heterocycles. The molecule has 0 bridgehead atoms. The Morgan fingerprint density at radius 2 is 2.11 bits per heavy atom. The van der Waals surface area contributed by atoms with Crippen LogP contribution in [0.1, 0.15) is 44.2 Å². The van der Waals surface area contributed by atoms with Crippen molar-refractivity contribution >= 4 is 45.5 Å². The van der Waals surface area contributed by atoms with Gasteiger partial charge >= 0.3 is 0 Å². The number of anilines is 1. The van der Waals surface area contributed by atoms with Crippen molar-refractivity contribution in [2.24, 2.45) is 11.3 Å². The molecule has 2 N–H and O–H groups in total. The summed E-state index contributed by atoms with van der Waals surface area (Å²) in [6.07, 6.45) is 2.82. The van der Waals surface area contributed by atoms with Gasteiger partial charge in [0.2, 0.25) is 5.91 Å². The van der Waals surface area contributed by atoms with Gasteiger partial charge in [0, 0.05) is 47.5 Å². The quantitative estimate of drug-likeness (QED) is 0.340. The lowest BCUT2D eigenvalue weighted by atomic mass is 9.98. The molecule has 3 aliphatic carbocycles. The van der Waals surface area contributed by atoms with Crippen LogP contribution in [0.15, 0.2) is 30.6 Å². The molecular formula is C25H26FIN6O3. The largest absolute Gasteiger partial charge is 0.365 e. The van der Waals surface area contributed by atoms with Gasteiger partial charge in [-0.25, -0.2) is 19.3 Å². The fraction of sp³-hybridized carbons (Fsp3) is 0.520. The van der Waals surface area contributed by atoms with E-state index in [1.165, 1.54) is 6.07 Å². The van der Waals surface area contributed by atoms with E-state index in [1.54, 1.807) is 25.5 Å². The summed E-state index contributed by atoms with van der Waals surface area (Å²) >= 11 is 2.12. The van der Waals surface area contributed by atoms with Crippen molar-refractivity contribution in [3.63, 3.8) is 0 Å². The van der Waals surface area contributed by atoms with E-state index < -0.39 is 11.2 Å². The van der Waals surface area contributed by atoms with Crippen molar-refractivity contribution in [2.75, 3.05) is 12.4 Å². The van der Waals surface area contributed by atoms with Crippen LogP contribution in [-0.4, -0.2) is 56.5 Å². The number of fused-ring (bicyclic) bond motifs is 4. The van der Waals surface area contributed by atoms with E-state index in [-0.39, 0.29) is 47.9 Å². The maximum atomic E-state index is 13.7. The molecule has 3 aromatic rings. The van der Waals surface area contributed by atoms with E-state index in [2.05, 4.69) is 38.2 Å². The molecule has 2 unspecified atom stereocenters. The van der Waals surface area contributed by atoms with Crippen molar-refractivity contribution < 1.29 is 18.7 Å². The van der Waals surface area contributed by atoms with Gasteiger partial charge in [-0.3, -0.25) is 4.79 Å². The molecule has 7 rings (SSSR count). The number of rotatable bonds is 5. The third-order valence-electron chi connectivity index (χ3n) is 8.20. The SMILES string of the molecule is CNC(=O)[C@@]12C[C@@H]1[C@@H](n1cnc3c(NC4CC4c4cccc(F)c4)nc(I)nc31)[C@H]1OC(C)(C)O[C@H]12. The monoisotopic (exact) mass is 604 g/mol. The molecule has 11 heteroatoms. The smallest absolute Gasteiger partial charge is 0.229 e. The zero-order valence-corrected chi connectivity index (χ0v) is 22.2. The van der Waals surface area contributed by atoms with Crippen LogP contribution < -0.4 is 10.6 Å². The molecule has 3 heterocycles. The molecule has 0 spiro atoms. The number of halogens is 2. The van der Waals surface area contributed by atoms with Gasteiger partial charge in [-0.1, -0.05) is 12.1 Å². The van der Waals surface area contributed by atoms with Gasteiger partial charge in [0.05, 0.1) is 17.8 Å². The zero-order valence-electron chi connectivity index (χ0n) is 20.0. The predicted octanol–water partition coefficient (Wildman–Crippen LogP) is 3.37. The van der Waals surface area contributed by atoms with Gasteiger partial charge in [-0.2, -0.15) is 0 Å². The lowest BCUT2D eigenvalue weighted by Gasteiger charge is -2.24. The summed E-state index contributed by atoms with van der Waals surface area (Å²) in [4.78, 5) is 27.1. The highest BCUT2D eigenvalue weighted by molar-refractivity contribution is 14.1. The molecule has 7 atom stereocenters. The van der Waals surface area contributed by atoms with Crippen LogP contribution in [-0.2, 0) is 14.3 Å². The third kappa shape index (κ3) is 3.24. The summed E-state index contributed by atoms with van der Waals surface area (Å²) in [6.45, 7) is 3.78. The summed E-state index contributed by atoms with van der Waals surface area (Å²) in [6, 6.07) is 6.78. The average Bonchev–Trinajstić information content (AvgIpc) is 3.66. The minimum absolute atomic E-state index is 0.000549. The molecule has 1 amide bonds. The number of aromatic nitrogens is 4. The lowest BCUT2D eigenvalue weighted by molar-refractivity contribution is -0.164. The Hall–Kier alpha value is -2.38. The fourth-order valence-corrected chi connectivity index (χ4v) is 7.01. The highest BCUT2D eigenvalue weighted by Gasteiger charge is 2.79. The molecular weight excluding hydrogens is 578 g/mol. The Balaban J connectivity index is 1.23. The average molecular weight is 604 g/mol. The molecule has 9 nitrogen and oxygen atoms in total. The van der Waals surface area contributed by atoms with Crippen LogP contribution in [0.5, 0.6) is 0 Å². The fourth-order valence-electron chi connectivity index (χ4n) is 6.54. The predicted molar refractivity (Wildman–Crippen MR) is 137 cm³/mol. The van der Waals surface area contributed by atoms with Crippen molar-refractivity contribution in [2.45, 2.75) is 62.7 Å². The Morgan fingerprint density at radius 1 is 1.28 bits per heavy atom. The molecule has 2 aromatic heterocycles. The molecule has 3 saturated carbocycles. The number of ether oxygens (including phenoxy) is 2. The Kier molecular flexibility index (Phi) is 4.79. The number of nitrogens with zero attached hydrogens (tertiary/aromatic N) is 4. The molecule has 4 fully saturated rings. The van der Waals surface area contributed by atoms with E-state index in [4.69, 9.17) is 19.4 Å². The van der Waals surface area contributed by atoms with Crippen molar-refractivity contribution in [1.82, 2.24) is 24.8 Å². The first-order chi connectivity index (χ1) is 17.2. The van der Waals surface area contributed by atoms with Gasteiger partial charge in [-0.05, 0) is 44.4 Å². The normalized spacial score (nSPS) is 35.4. The summed E-state index contributed by atoms with van der Waals surface area (Å²) in [7, 11) is 1.67. The second-order valence-corrected chi connectivity index (χ2v) is 11.7. The zero-order chi connectivity index (χ0) is 25.0. The minimum atomic E-state index is -0.771. The number of hydrogen-bond donors (Lipinski definition) is 2. The van der Waals surface area contributed by atoms with Crippen LogP contribution in [0, 0.1) is 21.0 Å². The number of nitrogens with one attached hydrogen (secondary N) is 2. The molecule has 188 valence electrons. The van der Waals surface area contributed by atoms with E-state index >= 15 is 0 Å². The van der Waals surface area contributed by atoms with Gasteiger partial charge < -0.3 is 24.7 Å². The maximum absolute atomic E-state index is 13.7. The number of amides is 1. The van der Waals surface area contributed by atoms with Gasteiger partial charge in [0.1, 0.15) is 18.0 Å². The standard InChI is InChI=1S/C25H26FIN6O3/c1-24(2)35-18-17(14-9-25(14,19(18)36-24)22(34)28-3)33-10-29-16-20(31-23(27)32-21(16)33)30-15-8-13(15)11-5-4-6-12(26)7-11/h4-7,10,13-15,17-19H,8-9H2,1-3H3,(H,28,34)(H,30,31,32)/t13?,14-,15?,17-,18-,19-,25+/m1/s1. The van der Waals surface area contributed by atoms with Gasteiger partial charge in [0.25, 0.3) is 0 Å². The highest BCUT2D eigenvalue weighted by atomic mass is 127. The number of benzene rings is 1. The number of hydrogen-bond acceptors (Lipinski definition) is 7. The topological polar surface area (TPSA) is 103 Å². The van der Waals surface area contributed by atoms with E-state index in [0.29, 0.717) is 20.8 Å². The lowest BCUT2D eigenvalue weighted by Crippen LogP contribution is -2.40. The first kappa shape index (κ1) is 22.8. The number of carbonyl (C=O) groups excluding carboxylic acids is 1. The number of carbonyl (C=O) groups is 1. The summed E-state index contributed by atoms with van der Waals surface area (Å²) in [5.74, 6) is -0.0250. The van der Waals surface area contributed by atoms with Crippen LogP contribution in [0.3, 0.4) is 0 Å². The molecule has 4 aliphatic rings. The maximum Gasteiger partial charge on any atom is 0.229 e. The second kappa shape index (κ2) is 7.57. The summed E-state index contributed by atoms with van der Waals surface area (Å²) in [5, 5.41) is 6.35. The highest BCUT2D eigenvalue weighted by Crippen LogP contribution is 2.71. The van der Waals surface area contributed by atoms with Gasteiger partial charge in [0.15, 0.2) is 26.6 Å². The molecule has 1 aromatic carbocycles. The Morgan fingerprint density at radius 3 is 2.89 bits per heavy atom. The Labute approximate surface area is 220 Å². The van der Waals surface area contributed by atoms with E-state index in [1.807, 2.05) is 24.5 Å². The third-order valence-corrected chi connectivity index (χ3v) is 8.68. The van der Waals surface area contributed by atoms with E-state index in [0.717, 1.165) is 18.4 Å². The van der Waals surface area contributed by atoms with Crippen molar-refractivity contribution in [3.8, 4) is 0 Å².